The molecule has 1 rings (SSSR count). The number of quaternary nitrogens is 1. The maximum Gasteiger partial charge on any atom is 0.177 e. The minimum atomic E-state index is 0.836. The summed E-state index contributed by atoms with van der Waals surface area (Å²) in [5, 5.41) is 3.98. The van der Waals surface area contributed by atoms with Crippen molar-refractivity contribution >= 4 is 17.3 Å². The van der Waals surface area contributed by atoms with Crippen LogP contribution in [0, 0.1) is 0 Å². The van der Waals surface area contributed by atoms with Gasteiger partial charge in [-0.05, 0) is 12.2 Å². The first-order valence-electron chi connectivity index (χ1n) is 3.69. The Bertz CT molecular complexity index is 169. The highest BCUT2D eigenvalue weighted by Gasteiger charge is 2.18. The Hall–Kier alpha value is -0.610. The van der Waals surface area contributed by atoms with E-state index in [1.54, 1.807) is 0 Å². The molecule has 0 spiro atoms. The van der Waals surface area contributed by atoms with Crippen molar-refractivity contribution in [2.75, 3.05) is 26.9 Å². The van der Waals surface area contributed by atoms with Gasteiger partial charge in [-0.25, -0.2) is 0 Å². The van der Waals surface area contributed by atoms with Crippen LogP contribution < -0.4 is 10.2 Å². The third-order valence-electron chi connectivity index (χ3n) is 1.64. The van der Waals surface area contributed by atoms with Gasteiger partial charge in [-0.3, -0.25) is 4.90 Å². The summed E-state index contributed by atoms with van der Waals surface area (Å²) in [6.45, 7) is 6.41. The topological polar surface area (TPSA) is 19.7 Å². The molecule has 1 heterocycles. The van der Waals surface area contributed by atoms with Gasteiger partial charge in [0.05, 0.1) is 7.05 Å². The van der Waals surface area contributed by atoms with Crippen LogP contribution in [-0.2, 0) is 0 Å². The second-order valence-corrected chi connectivity index (χ2v) is 3.17. The molecular formula is C7H14N3S+. The monoisotopic (exact) mass is 172 g/mol. The lowest BCUT2D eigenvalue weighted by Crippen LogP contribution is -3.14. The van der Waals surface area contributed by atoms with Crippen molar-refractivity contribution in [3.8, 4) is 0 Å². The van der Waals surface area contributed by atoms with Crippen LogP contribution >= 0.6 is 12.2 Å². The highest BCUT2D eigenvalue weighted by Crippen LogP contribution is 1.88. The van der Waals surface area contributed by atoms with Crippen LogP contribution in [0.15, 0.2) is 12.7 Å². The fourth-order valence-corrected chi connectivity index (χ4v) is 1.31. The molecular weight excluding hydrogens is 158 g/mol. The maximum atomic E-state index is 5.10. The summed E-state index contributed by atoms with van der Waals surface area (Å²) in [5.74, 6) is 0. The second kappa shape index (κ2) is 3.69. The minimum Gasteiger partial charge on any atom is -0.316 e. The summed E-state index contributed by atoms with van der Waals surface area (Å²) < 4.78 is 0. The predicted octanol–water partition coefficient (Wildman–Crippen LogP) is -1.21. The summed E-state index contributed by atoms with van der Waals surface area (Å²) >= 11 is 5.10. The number of hydrogen-bond acceptors (Lipinski definition) is 1. The SMILES string of the molecule is C=CCN1C[NH+](C)CNC1=S. The normalized spacial score (nSPS) is 24.6. The summed E-state index contributed by atoms with van der Waals surface area (Å²) in [4.78, 5) is 3.52. The summed E-state index contributed by atoms with van der Waals surface area (Å²) in [6, 6.07) is 0. The van der Waals surface area contributed by atoms with Crippen LogP contribution in [0.4, 0.5) is 0 Å². The van der Waals surface area contributed by atoms with Gasteiger partial charge in [-0.2, -0.15) is 0 Å². The van der Waals surface area contributed by atoms with E-state index in [2.05, 4.69) is 23.8 Å². The Kier molecular flexibility index (Phi) is 2.84. The molecule has 1 unspecified atom stereocenters. The quantitative estimate of drug-likeness (QED) is 0.403. The smallest absolute Gasteiger partial charge is 0.177 e. The zero-order valence-corrected chi connectivity index (χ0v) is 7.58. The van der Waals surface area contributed by atoms with Gasteiger partial charge in [0.15, 0.2) is 18.4 Å². The number of nitrogens with zero attached hydrogens (tertiary/aromatic N) is 1. The molecule has 1 saturated heterocycles. The van der Waals surface area contributed by atoms with Gasteiger partial charge >= 0.3 is 0 Å². The van der Waals surface area contributed by atoms with Crippen molar-refractivity contribution in [1.29, 1.82) is 0 Å². The first kappa shape index (κ1) is 8.49. The van der Waals surface area contributed by atoms with Crippen molar-refractivity contribution in [3.05, 3.63) is 12.7 Å². The van der Waals surface area contributed by atoms with E-state index in [0.717, 1.165) is 25.0 Å². The van der Waals surface area contributed by atoms with Crippen molar-refractivity contribution in [2.45, 2.75) is 0 Å². The third-order valence-corrected chi connectivity index (χ3v) is 2.04. The fraction of sp³-hybridized carbons (Fsp3) is 0.571. The fourth-order valence-electron chi connectivity index (χ4n) is 1.10. The summed E-state index contributed by atoms with van der Waals surface area (Å²) in [7, 11) is 2.13. The molecule has 3 nitrogen and oxygen atoms in total. The molecule has 62 valence electrons. The van der Waals surface area contributed by atoms with E-state index in [1.165, 1.54) is 4.90 Å². The minimum absolute atomic E-state index is 0.836. The Morgan fingerprint density at radius 1 is 1.91 bits per heavy atom. The number of hydrogen-bond donors (Lipinski definition) is 2. The zero-order valence-electron chi connectivity index (χ0n) is 6.76. The lowest BCUT2D eigenvalue weighted by Gasteiger charge is -2.32. The van der Waals surface area contributed by atoms with Gasteiger partial charge in [-0.15, -0.1) is 6.58 Å². The predicted molar refractivity (Wildman–Crippen MR) is 49.3 cm³/mol. The van der Waals surface area contributed by atoms with Crippen molar-refractivity contribution in [3.63, 3.8) is 0 Å². The molecule has 0 aliphatic carbocycles. The molecule has 2 N–H and O–H groups in total. The van der Waals surface area contributed by atoms with Gasteiger partial charge in [0.1, 0.15) is 0 Å². The summed E-state index contributed by atoms with van der Waals surface area (Å²) in [6.07, 6.45) is 1.87. The van der Waals surface area contributed by atoms with E-state index in [0.29, 0.717) is 0 Å². The first-order chi connectivity index (χ1) is 5.24. The molecule has 0 bridgehead atoms. The van der Waals surface area contributed by atoms with E-state index in [-0.39, 0.29) is 0 Å². The summed E-state index contributed by atoms with van der Waals surface area (Å²) in [5.41, 5.74) is 0. The van der Waals surface area contributed by atoms with Crippen LogP contribution in [0.25, 0.3) is 0 Å². The molecule has 0 amide bonds. The number of rotatable bonds is 2. The van der Waals surface area contributed by atoms with Crippen LogP contribution in [0.1, 0.15) is 0 Å². The van der Waals surface area contributed by atoms with Crippen molar-refractivity contribution in [1.82, 2.24) is 10.2 Å². The second-order valence-electron chi connectivity index (χ2n) is 2.79. The number of thiocarbonyl (C=S) groups is 1. The number of nitrogens with one attached hydrogen (secondary N) is 2. The van der Waals surface area contributed by atoms with Gasteiger partial charge in [0, 0.05) is 6.54 Å². The lowest BCUT2D eigenvalue weighted by molar-refractivity contribution is -0.894. The molecule has 0 saturated carbocycles. The molecule has 1 atom stereocenters. The first-order valence-corrected chi connectivity index (χ1v) is 4.10. The van der Waals surface area contributed by atoms with Crippen LogP contribution in [0.3, 0.4) is 0 Å². The van der Waals surface area contributed by atoms with Gasteiger partial charge in [-0.1, -0.05) is 6.08 Å². The molecule has 4 heteroatoms. The Morgan fingerprint density at radius 3 is 3.27 bits per heavy atom. The standard InChI is InChI=1S/C7H13N3S/c1-3-4-10-6-9(2)5-8-7(10)11/h3H,1,4-6H2,2H3,(H,8,11)/p+1. The third kappa shape index (κ3) is 2.17. The van der Waals surface area contributed by atoms with Crippen molar-refractivity contribution < 1.29 is 4.90 Å². The zero-order chi connectivity index (χ0) is 8.27. The molecule has 1 aliphatic rings. The Balaban J connectivity index is 2.46. The van der Waals surface area contributed by atoms with Gasteiger partial charge < -0.3 is 10.2 Å². The van der Waals surface area contributed by atoms with Crippen LogP contribution in [-0.4, -0.2) is 36.9 Å². The highest BCUT2D eigenvalue weighted by atomic mass is 32.1. The lowest BCUT2D eigenvalue weighted by atomic mass is 10.5. The molecule has 11 heavy (non-hydrogen) atoms. The van der Waals surface area contributed by atoms with E-state index in [9.17, 15) is 0 Å². The van der Waals surface area contributed by atoms with E-state index < -0.39 is 0 Å². The van der Waals surface area contributed by atoms with E-state index >= 15 is 0 Å². The molecule has 0 aromatic rings. The molecule has 0 aromatic carbocycles. The van der Waals surface area contributed by atoms with Gasteiger partial charge in [0.2, 0.25) is 0 Å². The van der Waals surface area contributed by atoms with Crippen molar-refractivity contribution in [2.24, 2.45) is 0 Å². The molecule has 1 aliphatic heterocycles. The van der Waals surface area contributed by atoms with Crippen LogP contribution in [0.5, 0.6) is 0 Å². The molecule has 0 aromatic heterocycles. The average molecular weight is 172 g/mol. The molecule has 1 fully saturated rings. The Morgan fingerprint density at radius 2 is 2.64 bits per heavy atom. The highest BCUT2D eigenvalue weighted by molar-refractivity contribution is 7.80. The Labute approximate surface area is 72.7 Å². The average Bonchev–Trinajstić information content (AvgIpc) is 1.98. The molecule has 0 radical (unpaired) electrons. The van der Waals surface area contributed by atoms with Gasteiger partial charge in [0.25, 0.3) is 0 Å². The largest absolute Gasteiger partial charge is 0.316 e. The van der Waals surface area contributed by atoms with E-state index in [1.807, 2.05) is 6.08 Å². The van der Waals surface area contributed by atoms with Crippen LogP contribution in [0.2, 0.25) is 0 Å². The van der Waals surface area contributed by atoms with E-state index in [4.69, 9.17) is 12.2 Å². The maximum absolute atomic E-state index is 5.10.